The van der Waals surface area contributed by atoms with E-state index in [2.05, 4.69) is 34.3 Å². The number of carbonyl (C=O) groups excluding carboxylic acids is 2. The molecule has 0 aliphatic rings. The largest absolute Gasteiger partial charge is 0.394 e. The Morgan fingerprint density at radius 3 is 0.906 bits per heavy atom. The molecule has 0 saturated heterocycles. The first-order valence-corrected chi connectivity index (χ1v) is 24.7. The number of rotatable bonds is 45. The Bertz CT molecular complexity index is 1020. The Labute approximate surface area is 384 Å². The highest BCUT2D eigenvalue weighted by molar-refractivity contribution is 5.81. The molecule has 10 unspecified atom stereocenters. The Hall–Kier alpha value is -1.62. The van der Waals surface area contributed by atoms with Crippen LogP contribution in [0.4, 0.5) is 0 Å². The molecule has 0 aliphatic carbocycles. The first-order valence-electron chi connectivity index (χ1n) is 24.7. The number of hydrogen-bond acceptors (Lipinski definition) is 16. The highest BCUT2D eigenvalue weighted by atomic mass is 16.4. The summed E-state index contributed by atoms with van der Waals surface area (Å²) in [6.07, 6.45) is 5.06. The third kappa shape index (κ3) is 29.2. The van der Waals surface area contributed by atoms with Crippen molar-refractivity contribution in [1.82, 2.24) is 20.4 Å². The monoisotopic (exact) mass is 927 g/mol. The number of amides is 2. The molecule has 18 nitrogen and oxygen atoms in total. The van der Waals surface area contributed by atoms with E-state index in [-0.39, 0.29) is 13.1 Å². The van der Waals surface area contributed by atoms with Crippen LogP contribution in [0.25, 0.3) is 0 Å². The number of aliphatic hydroxyl groups excluding tert-OH is 12. The van der Waals surface area contributed by atoms with E-state index in [1.165, 1.54) is 89.9 Å². The fraction of sp³-hybridized carbons (Fsp3) is 0.957. The lowest BCUT2D eigenvalue weighted by molar-refractivity contribution is -0.157. The average Bonchev–Trinajstić information content (AvgIpc) is 3.30. The lowest BCUT2D eigenvalue weighted by Gasteiger charge is -2.29. The summed E-state index contributed by atoms with van der Waals surface area (Å²) in [5.74, 6) is -1.91. The maximum Gasteiger partial charge on any atom is 0.251 e. The molecule has 0 fully saturated rings. The van der Waals surface area contributed by atoms with E-state index in [0.29, 0.717) is 25.9 Å². The number of nitrogens with one attached hydrogen (secondary N) is 2. The van der Waals surface area contributed by atoms with E-state index in [9.17, 15) is 60.7 Å². The van der Waals surface area contributed by atoms with Gasteiger partial charge in [-0.15, -0.1) is 0 Å². The van der Waals surface area contributed by atoms with Gasteiger partial charge in [-0.2, -0.15) is 0 Å². The molecule has 382 valence electrons. The quantitative estimate of drug-likeness (QED) is 0.0359. The summed E-state index contributed by atoms with van der Waals surface area (Å²) in [6, 6.07) is 0. The van der Waals surface area contributed by atoms with Crippen molar-refractivity contribution in [3.63, 3.8) is 0 Å². The minimum Gasteiger partial charge on any atom is -0.394 e. The molecule has 0 heterocycles. The van der Waals surface area contributed by atoms with E-state index in [1.54, 1.807) is 0 Å². The van der Waals surface area contributed by atoms with Gasteiger partial charge in [0.05, 0.1) is 13.2 Å². The van der Waals surface area contributed by atoms with Crippen molar-refractivity contribution < 1.29 is 70.9 Å². The smallest absolute Gasteiger partial charge is 0.251 e. The number of nitrogens with zero attached hydrogens (tertiary/aromatic N) is 2. The maximum atomic E-state index is 12.6. The van der Waals surface area contributed by atoms with Gasteiger partial charge in [0.1, 0.15) is 48.8 Å². The van der Waals surface area contributed by atoms with Gasteiger partial charge in [0.2, 0.25) is 0 Å². The third-order valence-corrected chi connectivity index (χ3v) is 12.0. The molecule has 10 atom stereocenters. The minimum absolute atomic E-state index is 0.162. The third-order valence-electron chi connectivity index (χ3n) is 12.0. The van der Waals surface area contributed by atoms with Crippen molar-refractivity contribution in [3.05, 3.63) is 0 Å². The summed E-state index contributed by atoms with van der Waals surface area (Å²) in [5, 5.41) is 123. The molecular formula is C46H94N4O14. The lowest BCUT2D eigenvalue weighted by Crippen LogP contribution is -2.54. The maximum absolute atomic E-state index is 12.6. The molecule has 0 spiro atoms. The van der Waals surface area contributed by atoms with E-state index in [4.69, 9.17) is 10.2 Å². The molecule has 0 saturated carbocycles. The van der Waals surface area contributed by atoms with Gasteiger partial charge in [0.25, 0.3) is 11.8 Å². The first-order chi connectivity index (χ1) is 30.7. The fourth-order valence-electron chi connectivity index (χ4n) is 7.60. The molecule has 2 amide bonds. The molecule has 0 aliphatic heterocycles. The summed E-state index contributed by atoms with van der Waals surface area (Å²) in [6.45, 7) is 7.33. The Morgan fingerprint density at radius 2 is 0.625 bits per heavy atom. The lowest BCUT2D eigenvalue weighted by atomic mass is 9.99. The predicted molar refractivity (Wildman–Crippen MR) is 246 cm³/mol. The van der Waals surface area contributed by atoms with Crippen LogP contribution in [-0.2, 0) is 9.59 Å². The van der Waals surface area contributed by atoms with Gasteiger partial charge in [0, 0.05) is 26.2 Å². The zero-order chi connectivity index (χ0) is 48.1. The highest BCUT2D eigenvalue weighted by Crippen LogP contribution is 2.14. The van der Waals surface area contributed by atoms with Gasteiger partial charge in [-0.1, -0.05) is 129 Å². The van der Waals surface area contributed by atoms with Crippen LogP contribution < -0.4 is 10.6 Å². The van der Waals surface area contributed by atoms with Crippen LogP contribution in [0.5, 0.6) is 0 Å². The topological polar surface area (TPSA) is 307 Å². The Balaban J connectivity index is 5.49. The predicted octanol–water partition coefficient (Wildman–Crippen LogP) is 0.0384. The van der Waals surface area contributed by atoms with Crippen LogP contribution in [0.15, 0.2) is 0 Å². The summed E-state index contributed by atoms with van der Waals surface area (Å²) in [5.41, 5.74) is 0. The molecule has 64 heavy (non-hydrogen) atoms. The van der Waals surface area contributed by atoms with Crippen molar-refractivity contribution in [3.8, 4) is 0 Å². The second kappa shape index (κ2) is 40.4. The summed E-state index contributed by atoms with van der Waals surface area (Å²) < 4.78 is 0. The standard InChI is InChI=1S/C46H94N4O14/c1-3-5-7-9-11-13-15-17-19-21-27-49(29-23-25-47-45(63)43(61)41(59)39(57)37(55)35(53)33-51)31-32-50(28-22-20-18-16-14-12-10-8-6-4-2)30-24-26-48-46(64)44(62)42(60)40(58)38(56)36(54)34-52/h35-44,51-62H,3-34H2,1-2H3,(H,47,63)(H,48,64). The molecule has 0 aromatic carbocycles. The number of hydrogen-bond donors (Lipinski definition) is 14. The first kappa shape index (κ1) is 62.4. The van der Waals surface area contributed by atoms with Crippen molar-refractivity contribution in [2.24, 2.45) is 0 Å². The molecular weight excluding hydrogens is 833 g/mol. The number of carbonyl (C=O) groups is 2. The minimum atomic E-state index is -2.10. The number of aliphatic hydroxyl groups is 12. The van der Waals surface area contributed by atoms with Crippen LogP contribution in [-0.4, -0.2) is 210 Å². The van der Waals surface area contributed by atoms with Gasteiger partial charge in [0.15, 0.2) is 12.2 Å². The molecule has 18 heteroatoms. The van der Waals surface area contributed by atoms with Gasteiger partial charge in [-0.3, -0.25) is 9.59 Å². The molecule has 0 aromatic heterocycles. The van der Waals surface area contributed by atoms with Gasteiger partial charge >= 0.3 is 0 Å². The van der Waals surface area contributed by atoms with Gasteiger partial charge < -0.3 is 81.7 Å². The van der Waals surface area contributed by atoms with E-state index >= 15 is 0 Å². The Morgan fingerprint density at radius 1 is 0.359 bits per heavy atom. The SMILES string of the molecule is CCCCCCCCCCCCN(CCCNC(=O)C(O)C(O)C(O)C(O)C(O)CO)CCN(CCCCCCCCCCCC)CCCNC(=O)C(O)C(O)C(O)C(O)C(O)CO. The molecule has 14 N–H and O–H groups in total. The zero-order valence-electron chi connectivity index (χ0n) is 39.5. The van der Waals surface area contributed by atoms with E-state index in [1.807, 2.05) is 0 Å². The van der Waals surface area contributed by atoms with Crippen LogP contribution in [0.2, 0.25) is 0 Å². The molecule has 0 radical (unpaired) electrons. The molecule has 0 aromatic rings. The molecule has 0 bridgehead atoms. The second-order valence-corrected chi connectivity index (χ2v) is 17.7. The second-order valence-electron chi connectivity index (χ2n) is 17.7. The summed E-state index contributed by atoms with van der Waals surface area (Å²) >= 11 is 0. The number of unbranched alkanes of at least 4 members (excludes halogenated alkanes) is 18. The normalized spacial score (nSPS) is 16.8. The molecule has 0 rings (SSSR count). The van der Waals surface area contributed by atoms with E-state index in [0.717, 1.165) is 64.7 Å². The van der Waals surface area contributed by atoms with Crippen LogP contribution in [0.1, 0.15) is 155 Å². The van der Waals surface area contributed by atoms with Crippen LogP contribution >= 0.6 is 0 Å². The van der Waals surface area contributed by atoms with Crippen molar-refractivity contribution >= 4 is 11.8 Å². The summed E-state index contributed by atoms with van der Waals surface area (Å²) in [7, 11) is 0. The zero-order valence-corrected chi connectivity index (χ0v) is 39.5. The van der Waals surface area contributed by atoms with Gasteiger partial charge in [-0.25, -0.2) is 0 Å². The average molecular weight is 927 g/mol. The van der Waals surface area contributed by atoms with Crippen molar-refractivity contribution in [1.29, 1.82) is 0 Å². The van der Waals surface area contributed by atoms with E-state index < -0.39 is 86.1 Å². The fourth-order valence-corrected chi connectivity index (χ4v) is 7.60. The van der Waals surface area contributed by atoms with Crippen LogP contribution in [0, 0.1) is 0 Å². The van der Waals surface area contributed by atoms with Crippen molar-refractivity contribution in [2.45, 2.75) is 216 Å². The highest BCUT2D eigenvalue weighted by Gasteiger charge is 2.38. The Kier molecular flexibility index (Phi) is 39.4. The summed E-state index contributed by atoms with van der Waals surface area (Å²) in [4.78, 5) is 29.9. The van der Waals surface area contributed by atoms with Gasteiger partial charge in [-0.05, 0) is 51.9 Å². The van der Waals surface area contributed by atoms with Crippen molar-refractivity contribution in [2.75, 3.05) is 65.6 Å². The van der Waals surface area contributed by atoms with Crippen LogP contribution in [0.3, 0.4) is 0 Å².